The fourth-order valence-electron chi connectivity index (χ4n) is 1.84. The molecule has 0 atom stereocenters. The van der Waals surface area contributed by atoms with Gasteiger partial charge in [-0.3, -0.25) is 4.72 Å². The van der Waals surface area contributed by atoms with Gasteiger partial charge in [-0.15, -0.1) is 11.3 Å². The normalized spacial score (nSPS) is 14.6. The van der Waals surface area contributed by atoms with Gasteiger partial charge >= 0.3 is 5.97 Å². The van der Waals surface area contributed by atoms with Gasteiger partial charge in [0.1, 0.15) is 10.6 Å². The molecule has 2 heterocycles. The lowest BCUT2D eigenvalue weighted by Gasteiger charge is -2.05. The number of nitrogens with one attached hydrogen (secondary N) is 1. The molecule has 1 saturated carbocycles. The Bertz CT molecular complexity index is 795. The molecular weight excluding hydrogens is 326 g/mol. The first-order valence-electron chi connectivity index (χ1n) is 6.52. The Morgan fingerprint density at radius 2 is 2.18 bits per heavy atom. The van der Waals surface area contributed by atoms with Gasteiger partial charge in [-0.2, -0.15) is 0 Å². The minimum atomic E-state index is -3.77. The maximum Gasteiger partial charge on any atom is 0.356 e. The fraction of sp³-hybridized carbons (Fsp3) is 0.308. The average molecular weight is 339 g/mol. The van der Waals surface area contributed by atoms with Crippen molar-refractivity contribution >= 4 is 32.5 Å². The Morgan fingerprint density at radius 3 is 2.77 bits per heavy atom. The van der Waals surface area contributed by atoms with Crippen LogP contribution in [0.3, 0.4) is 0 Å². The number of pyridine rings is 1. The van der Waals surface area contributed by atoms with E-state index >= 15 is 0 Å². The van der Waals surface area contributed by atoms with Gasteiger partial charge in [0.2, 0.25) is 0 Å². The quantitative estimate of drug-likeness (QED) is 0.837. The van der Waals surface area contributed by atoms with Crippen LogP contribution in [0.2, 0.25) is 0 Å². The highest BCUT2D eigenvalue weighted by atomic mass is 32.2. The van der Waals surface area contributed by atoms with Gasteiger partial charge in [-0.25, -0.2) is 23.2 Å². The highest BCUT2D eigenvalue weighted by Crippen LogP contribution is 2.41. The van der Waals surface area contributed by atoms with E-state index in [-0.39, 0.29) is 10.6 Å². The van der Waals surface area contributed by atoms with Crippen molar-refractivity contribution in [2.24, 2.45) is 0 Å². The number of aromatic nitrogens is 2. The zero-order valence-corrected chi connectivity index (χ0v) is 13.3. The Labute approximate surface area is 131 Å². The molecule has 1 N–H and O–H groups in total. The van der Waals surface area contributed by atoms with Crippen LogP contribution in [0.25, 0.3) is 0 Å². The summed E-state index contributed by atoms with van der Waals surface area (Å²) in [5.74, 6) is -0.151. The van der Waals surface area contributed by atoms with Crippen LogP contribution in [0.4, 0.5) is 5.13 Å². The Morgan fingerprint density at radius 1 is 1.41 bits per heavy atom. The lowest BCUT2D eigenvalue weighted by Crippen LogP contribution is -2.14. The molecule has 3 rings (SSSR count). The van der Waals surface area contributed by atoms with Crippen molar-refractivity contribution in [3.05, 3.63) is 35.1 Å². The first-order valence-corrected chi connectivity index (χ1v) is 8.88. The number of anilines is 1. The maximum atomic E-state index is 12.2. The number of sulfonamides is 1. The molecule has 0 aliphatic heterocycles. The molecule has 7 nitrogen and oxygen atoms in total. The van der Waals surface area contributed by atoms with Crippen LogP contribution in [0.5, 0.6) is 0 Å². The molecule has 1 fully saturated rings. The molecule has 0 radical (unpaired) electrons. The fourth-order valence-corrected chi connectivity index (χ4v) is 3.83. The SMILES string of the molecule is COC(=O)c1ccc(S(=O)(=O)Nc2nc(C3CC3)cs2)cn1. The molecule has 22 heavy (non-hydrogen) atoms. The third kappa shape index (κ3) is 3.09. The number of esters is 1. The molecule has 0 bridgehead atoms. The Kier molecular flexibility index (Phi) is 3.83. The number of rotatable bonds is 5. The van der Waals surface area contributed by atoms with E-state index in [1.54, 1.807) is 0 Å². The minimum absolute atomic E-state index is 0.0386. The largest absolute Gasteiger partial charge is 0.464 e. The van der Waals surface area contributed by atoms with E-state index in [0.29, 0.717) is 11.0 Å². The molecule has 1 aliphatic rings. The van der Waals surface area contributed by atoms with E-state index in [4.69, 9.17) is 0 Å². The topological polar surface area (TPSA) is 98.2 Å². The van der Waals surface area contributed by atoms with Crippen LogP contribution in [0.1, 0.15) is 34.9 Å². The molecule has 0 unspecified atom stereocenters. The van der Waals surface area contributed by atoms with Gasteiger partial charge in [-0.05, 0) is 25.0 Å². The molecule has 0 amide bonds. The third-order valence-electron chi connectivity index (χ3n) is 3.18. The number of thiazole rings is 1. The van der Waals surface area contributed by atoms with Crippen LogP contribution < -0.4 is 4.72 Å². The van der Waals surface area contributed by atoms with Crippen molar-refractivity contribution in [3.8, 4) is 0 Å². The summed E-state index contributed by atoms with van der Waals surface area (Å²) in [4.78, 5) is 19.3. The molecule has 1 aliphatic carbocycles. The standard InChI is InChI=1S/C13H13N3O4S2/c1-20-12(17)10-5-4-9(6-14-10)22(18,19)16-13-15-11(7-21-13)8-2-3-8/h4-8H,2-3H2,1H3,(H,15,16). The van der Waals surface area contributed by atoms with E-state index in [9.17, 15) is 13.2 Å². The smallest absolute Gasteiger partial charge is 0.356 e. The van der Waals surface area contributed by atoms with Crippen LogP contribution in [-0.4, -0.2) is 31.5 Å². The summed E-state index contributed by atoms with van der Waals surface area (Å²) in [7, 11) is -2.54. The molecule has 0 spiro atoms. The predicted octanol–water partition coefficient (Wildman–Crippen LogP) is 2.00. The van der Waals surface area contributed by atoms with E-state index in [2.05, 4.69) is 19.4 Å². The average Bonchev–Trinajstić information content (AvgIpc) is 3.27. The van der Waals surface area contributed by atoms with E-state index < -0.39 is 16.0 Å². The van der Waals surface area contributed by atoms with Gasteiger partial charge in [0, 0.05) is 17.5 Å². The summed E-state index contributed by atoms with van der Waals surface area (Å²) in [6, 6.07) is 2.61. The summed E-state index contributed by atoms with van der Waals surface area (Å²) < 4.78 is 31.4. The molecule has 9 heteroatoms. The maximum absolute atomic E-state index is 12.2. The summed E-state index contributed by atoms with van der Waals surface area (Å²) >= 11 is 1.26. The monoisotopic (exact) mass is 339 g/mol. The minimum Gasteiger partial charge on any atom is -0.464 e. The van der Waals surface area contributed by atoms with Gasteiger partial charge in [0.25, 0.3) is 10.0 Å². The second-order valence-electron chi connectivity index (χ2n) is 4.83. The van der Waals surface area contributed by atoms with Crippen LogP contribution >= 0.6 is 11.3 Å². The number of hydrogen-bond acceptors (Lipinski definition) is 7. The summed E-state index contributed by atoms with van der Waals surface area (Å²) in [5.41, 5.74) is 0.980. The number of methoxy groups -OCH3 is 1. The lowest BCUT2D eigenvalue weighted by atomic mass is 10.3. The summed E-state index contributed by atoms with van der Waals surface area (Å²) in [5, 5.41) is 2.20. The molecule has 0 saturated heterocycles. The first-order chi connectivity index (χ1) is 10.5. The second-order valence-corrected chi connectivity index (χ2v) is 7.37. The molecule has 2 aromatic rings. The van der Waals surface area contributed by atoms with Gasteiger partial charge in [0.15, 0.2) is 5.13 Å². The van der Waals surface area contributed by atoms with Crippen molar-refractivity contribution in [1.82, 2.24) is 9.97 Å². The van der Waals surface area contributed by atoms with Crippen LogP contribution in [0, 0.1) is 0 Å². The number of carbonyl (C=O) groups excluding carboxylic acids is 1. The van der Waals surface area contributed by atoms with Crippen molar-refractivity contribution in [2.75, 3.05) is 11.8 Å². The van der Waals surface area contributed by atoms with Crippen molar-refractivity contribution < 1.29 is 17.9 Å². The van der Waals surface area contributed by atoms with Crippen LogP contribution in [-0.2, 0) is 14.8 Å². The lowest BCUT2D eigenvalue weighted by molar-refractivity contribution is 0.0594. The van der Waals surface area contributed by atoms with Crippen molar-refractivity contribution in [3.63, 3.8) is 0 Å². The van der Waals surface area contributed by atoms with Gasteiger partial charge in [0.05, 0.1) is 12.8 Å². The predicted molar refractivity (Wildman–Crippen MR) is 80.5 cm³/mol. The first kappa shape index (κ1) is 14.9. The number of nitrogens with zero attached hydrogens (tertiary/aromatic N) is 2. The zero-order chi connectivity index (χ0) is 15.7. The molecular formula is C13H13N3O4S2. The summed E-state index contributed by atoms with van der Waals surface area (Å²) in [6.07, 6.45) is 3.33. The number of ether oxygens (including phenoxy) is 1. The molecule has 116 valence electrons. The Hall–Kier alpha value is -2.00. The summed E-state index contributed by atoms with van der Waals surface area (Å²) in [6.45, 7) is 0. The highest BCUT2D eigenvalue weighted by Gasteiger charge is 2.27. The highest BCUT2D eigenvalue weighted by molar-refractivity contribution is 7.93. The number of carbonyl (C=O) groups is 1. The van der Waals surface area contributed by atoms with Crippen molar-refractivity contribution in [2.45, 2.75) is 23.7 Å². The second kappa shape index (κ2) is 5.65. The Balaban J connectivity index is 1.77. The zero-order valence-electron chi connectivity index (χ0n) is 11.6. The van der Waals surface area contributed by atoms with E-state index in [0.717, 1.165) is 24.7 Å². The van der Waals surface area contributed by atoms with Gasteiger partial charge in [-0.1, -0.05) is 0 Å². The van der Waals surface area contributed by atoms with Crippen molar-refractivity contribution in [1.29, 1.82) is 0 Å². The van der Waals surface area contributed by atoms with Crippen LogP contribution in [0.15, 0.2) is 28.6 Å². The number of hydrogen-bond donors (Lipinski definition) is 1. The van der Waals surface area contributed by atoms with Gasteiger partial charge < -0.3 is 4.74 Å². The third-order valence-corrected chi connectivity index (χ3v) is 5.41. The van der Waals surface area contributed by atoms with E-state index in [1.165, 1.54) is 30.6 Å². The molecule has 2 aromatic heterocycles. The molecule has 0 aromatic carbocycles. The van der Waals surface area contributed by atoms with E-state index in [1.807, 2.05) is 5.38 Å².